The summed E-state index contributed by atoms with van der Waals surface area (Å²) in [6, 6.07) is 2.61. The summed E-state index contributed by atoms with van der Waals surface area (Å²) in [7, 11) is 0. The molecule has 0 atom stereocenters. The lowest BCUT2D eigenvalue weighted by Gasteiger charge is -2.26. The third-order valence-electron chi connectivity index (χ3n) is 3.50. The highest BCUT2D eigenvalue weighted by molar-refractivity contribution is 6.04. The molecule has 1 saturated carbocycles. The van der Waals surface area contributed by atoms with Gasteiger partial charge >= 0.3 is 0 Å². The topological polar surface area (TPSA) is 111 Å². The van der Waals surface area contributed by atoms with E-state index >= 15 is 0 Å². The van der Waals surface area contributed by atoms with Gasteiger partial charge in [-0.15, -0.1) is 0 Å². The Labute approximate surface area is 126 Å². The maximum Gasteiger partial charge on any atom is 0.140 e. The van der Waals surface area contributed by atoms with Gasteiger partial charge < -0.3 is 16.5 Å². The van der Waals surface area contributed by atoms with Crippen molar-refractivity contribution >= 4 is 17.3 Å². The molecule has 0 radical (unpaired) electrons. The summed E-state index contributed by atoms with van der Waals surface area (Å²) in [5.74, 6) is 1.13. The molecule has 0 spiro atoms. The first-order chi connectivity index (χ1) is 10.1. The van der Waals surface area contributed by atoms with E-state index in [-0.39, 0.29) is 12.0 Å². The van der Waals surface area contributed by atoms with Gasteiger partial charge in [0.05, 0.1) is 11.6 Å². The van der Waals surface area contributed by atoms with Crippen LogP contribution in [-0.2, 0) is 0 Å². The number of hydrogen-bond acceptors (Lipinski definition) is 6. The molecule has 1 heterocycles. The second-order valence-corrected chi connectivity index (χ2v) is 4.93. The number of anilines is 2. The van der Waals surface area contributed by atoms with Gasteiger partial charge in [0, 0.05) is 17.7 Å². The first-order valence-electron chi connectivity index (χ1n) is 7.44. The van der Waals surface area contributed by atoms with Gasteiger partial charge in [0.2, 0.25) is 0 Å². The Morgan fingerprint density at radius 3 is 2.48 bits per heavy atom. The Morgan fingerprint density at radius 2 is 1.95 bits per heavy atom. The van der Waals surface area contributed by atoms with Gasteiger partial charge in [-0.1, -0.05) is 13.8 Å². The predicted molar refractivity (Wildman–Crippen MR) is 85.3 cm³/mol. The summed E-state index contributed by atoms with van der Waals surface area (Å²) in [6.07, 6.45) is 5.11. The molecular weight excluding hydrogens is 264 g/mol. The summed E-state index contributed by atoms with van der Waals surface area (Å²) in [5.41, 5.74) is 6.72. The van der Waals surface area contributed by atoms with Crippen LogP contribution in [0.1, 0.15) is 52.0 Å². The molecule has 1 aliphatic rings. The SMILES string of the molecule is CC.CC(=N)c1c(N)ncnc1NC1CCC(C#N)CC1. The van der Waals surface area contributed by atoms with Crippen LogP contribution in [0.25, 0.3) is 0 Å². The Hall–Kier alpha value is -2.16. The van der Waals surface area contributed by atoms with E-state index in [2.05, 4.69) is 21.4 Å². The summed E-state index contributed by atoms with van der Waals surface area (Å²) < 4.78 is 0. The normalized spacial score (nSPS) is 20.7. The van der Waals surface area contributed by atoms with Crippen molar-refractivity contribution in [3.63, 3.8) is 0 Å². The van der Waals surface area contributed by atoms with E-state index in [1.165, 1.54) is 6.33 Å². The molecule has 0 unspecified atom stereocenters. The first kappa shape index (κ1) is 16.9. The maximum absolute atomic E-state index is 8.88. The van der Waals surface area contributed by atoms with Crippen LogP contribution in [0.15, 0.2) is 6.33 Å². The molecule has 1 fully saturated rings. The number of nitrogens with two attached hydrogens (primary N) is 1. The second kappa shape index (κ2) is 8.20. The van der Waals surface area contributed by atoms with Crippen LogP contribution in [0.5, 0.6) is 0 Å². The lowest BCUT2D eigenvalue weighted by molar-refractivity contribution is 0.397. The van der Waals surface area contributed by atoms with Gasteiger partial charge in [-0.2, -0.15) is 5.26 Å². The van der Waals surface area contributed by atoms with E-state index in [1.54, 1.807) is 6.92 Å². The minimum atomic E-state index is 0.178. The van der Waals surface area contributed by atoms with Crippen LogP contribution < -0.4 is 11.1 Å². The van der Waals surface area contributed by atoms with E-state index < -0.39 is 0 Å². The average molecular weight is 288 g/mol. The summed E-state index contributed by atoms with van der Waals surface area (Å²) in [4.78, 5) is 8.11. The fraction of sp³-hybridized carbons (Fsp3) is 0.600. The van der Waals surface area contributed by atoms with Gasteiger partial charge in [0.25, 0.3) is 0 Å². The lowest BCUT2D eigenvalue weighted by atomic mass is 9.87. The molecule has 4 N–H and O–H groups in total. The van der Waals surface area contributed by atoms with Crippen molar-refractivity contribution in [2.75, 3.05) is 11.1 Å². The van der Waals surface area contributed by atoms with Crippen molar-refractivity contribution in [3.8, 4) is 6.07 Å². The zero-order valence-corrected chi connectivity index (χ0v) is 13.0. The van der Waals surface area contributed by atoms with Crippen molar-refractivity contribution in [2.24, 2.45) is 5.92 Å². The number of nitrogens with zero attached hydrogens (tertiary/aromatic N) is 3. The van der Waals surface area contributed by atoms with Crippen molar-refractivity contribution in [3.05, 3.63) is 11.9 Å². The van der Waals surface area contributed by atoms with Gasteiger partial charge in [-0.25, -0.2) is 9.97 Å². The molecule has 2 rings (SSSR count). The molecule has 0 amide bonds. The van der Waals surface area contributed by atoms with E-state index in [4.69, 9.17) is 16.4 Å². The highest BCUT2D eigenvalue weighted by atomic mass is 15.1. The number of rotatable bonds is 3. The molecule has 0 saturated heterocycles. The molecule has 21 heavy (non-hydrogen) atoms. The number of nitrogen functional groups attached to an aromatic ring is 1. The predicted octanol–water partition coefficient (Wildman–Crippen LogP) is 2.97. The Balaban J connectivity index is 0.00000106. The Kier molecular flexibility index (Phi) is 6.60. The fourth-order valence-corrected chi connectivity index (χ4v) is 2.44. The molecule has 114 valence electrons. The Morgan fingerprint density at radius 1 is 1.33 bits per heavy atom. The monoisotopic (exact) mass is 288 g/mol. The number of nitrogens with one attached hydrogen (secondary N) is 2. The summed E-state index contributed by atoms with van der Waals surface area (Å²) in [6.45, 7) is 5.67. The van der Waals surface area contributed by atoms with E-state index in [1.807, 2.05) is 13.8 Å². The fourth-order valence-electron chi connectivity index (χ4n) is 2.44. The van der Waals surface area contributed by atoms with Crippen molar-refractivity contribution in [1.29, 1.82) is 10.7 Å². The summed E-state index contributed by atoms with van der Waals surface area (Å²) in [5, 5.41) is 20.0. The maximum atomic E-state index is 8.88. The zero-order valence-electron chi connectivity index (χ0n) is 13.0. The molecule has 6 heteroatoms. The second-order valence-electron chi connectivity index (χ2n) is 4.93. The van der Waals surface area contributed by atoms with E-state index in [0.29, 0.717) is 22.9 Å². The lowest BCUT2D eigenvalue weighted by Crippen LogP contribution is -2.27. The highest BCUT2D eigenvalue weighted by Gasteiger charge is 2.22. The van der Waals surface area contributed by atoms with Crippen LogP contribution in [0.4, 0.5) is 11.6 Å². The standard InChI is InChI=1S/C13H18N6.C2H6/c1-8(15)11-12(16)17-7-18-13(11)19-10-4-2-9(6-14)3-5-10;1-2/h7,9-10,15H,2-5H2,1H3,(H3,16,17,18,19);1-2H3. The van der Waals surface area contributed by atoms with Gasteiger partial charge in [-0.3, -0.25) is 0 Å². The van der Waals surface area contributed by atoms with Crippen LogP contribution in [0.2, 0.25) is 0 Å². The molecule has 6 nitrogen and oxygen atoms in total. The largest absolute Gasteiger partial charge is 0.383 e. The van der Waals surface area contributed by atoms with Crippen LogP contribution in [-0.4, -0.2) is 21.7 Å². The Bertz CT molecular complexity index is 511. The van der Waals surface area contributed by atoms with E-state index in [0.717, 1.165) is 25.7 Å². The highest BCUT2D eigenvalue weighted by Crippen LogP contribution is 2.27. The third kappa shape index (κ3) is 4.42. The molecule has 1 aliphatic carbocycles. The van der Waals surface area contributed by atoms with Crippen LogP contribution in [0.3, 0.4) is 0 Å². The first-order valence-corrected chi connectivity index (χ1v) is 7.44. The van der Waals surface area contributed by atoms with Gasteiger partial charge in [0.1, 0.15) is 18.0 Å². The average Bonchev–Trinajstić information content (AvgIpc) is 2.50. The van der Waals surface area contributed by atoms with Crippen molar-refractivity contribution < 1.29 is 0 Å². The van der Waals surface area contributed by atoms with Crippen LogP contribution >= 0.6 is 0 Å². The van der Waals surface area contributed by atoms with Gasteiger partial charge in [0.15, 0.2) is 0 Å². The zero-order chi connectivity index (χ0) is 15.8. The molecule has 0 aliphatic heterocycles. The van der Waals surface area contributed by atoms with Crippen LogP contribution in [0, 0.1) is 22.7 Å². The number of hydrogen-bond donors (Lipinski definition) is 3. The minimum Gasteiger partial charge on any atom is -0.383 e. The molecule has 1 aromatic rings. The quantitative estimate of drug-likeness (QED) is 0.740. The molecule has 1 aromatic heterocycles. The molecule has 0 aromatic carbocycles. The van der Waals surface area contributed by atoms with Crippen molar-refractivity contribution in [1.82, 2.24) is 9.97 Å². The molecular formula is C15H24N6. The summed E-state index contributed by atoms with van der Waals surface area (Å²) >= 11 is 0. The van der Waals surface area contributed by atoms with Gasteiger partial charge in [-0.05, 0) is 32.6 Å². The third-order valence-corrected chi connectivity index (χ3v) is 3.50. The van der Waals surface area contributed by atoms with Crippen molar-refractivity contribution in [2.45, 2.75) is 52.5 Å². The van der Waals surface area contributed by atoms with E-state index in [9.17, 15) is 0 Å². The number of nitriles is 1. The molecule has 0 bridgehead atoms. The smallest absolute Gasteiger partial charge is 0.140 e. The number of aromatic nitrogens is 2. The minimum absolute atomic E-state index is 0.178.